The predicted molar refractivity (Wildman–Crippen MR) is 115 cm³/mol. The van der Waals surface area contributed by atoms with Gasteiger partial charge in [-0.05, 0) is 65.1 Å². The van der Waals surface area contributed by atoms with Gasteiger partial charge in [-0.25, -0.2) is 9.37 Å². The van der Waals surface area contributed by atoms with Crippen molar-refractivity contribution in [3.8, 4) is 0 Å². The van der Waals surface area contributed by atoms with Crippen molar-refractivity contribution in [1.29, 1.82) is 0 Å². The van der Waals surface area contributed by atoms with E-state index in [2.05, 4.69) is 30.7 Å². The number of likely N-dealkylation sites (tertiary alicyclic amines) is 1. The Kier molecular flexibility index (Phi) is 6.45. The highest BCUT2D eigenvalue weighted by molar-refractivity contribution is 9.10. The first-order chi connectivity index (χ1) is 14.1. The molecule has 2 aromatic rings. The highest BCUT2D eigenvalue weighted by atomic mass is 79.9. The molecule has 1 atom stereocenters. The van der Waals surface area contributed by atoms with Gasteiger partial charge in [0.05, 0.1) is 5.92 Å². The standard InChI is InChI=1S/C22H26BrFN4O/c23-19-6-7-21(25-14-19)27-9-11-28(12-10-27)22(29)18-4-2-8-26(16-18)15-17-3-1-5-20(24)13-17/h1,3,5-7,13-14,18H,2,4,8-12,15-16H2. The van der Waals surface area contributed by atoms with E-state index in [1.54, 1.807) is 12.1 Å². The lowest BCUT2D eigenvalue weighted by Gasteiger charge is -2.39. The molecule has 1 unspecified atom stereocenters. The average Bonchev–Trinajstić information content (AvgIpc) is 2.74. The largest absolute Gasteiger partial charge is 0.353 e. The van der Waals surface area contributed by atoms with E-state index in [1.807, 2.05) is 29.3 Å². The lowest BCUT2D eigenvalue weighted by Crippen LogP contribution is -2.52. The van der Waals surface area contributed by atoms with Crippen molar-refractivity contribution < 1.29 is 9.18 Å². The summed E-state index contributed by atoms with van der Waals surface area (Å²) >= 11 is 3.41. The van der Waals surface area contributed by atoms with Crippen LogP contribution >= 0.6 is 15.9 Å². The first-order valence-corrected chi connectivity index (χ1v) is 11.0. The second-order valence-electron chi connectivity index (χ2n) is 7.85. The van der Waals surface area contributed by atoms with Crippen LogP contribution in [0.5, 0.6) is 0 Å². The Bertz CT molecular complexity index is 839. The Labute approximate surface area is 179 Å². The summed E-state index contributed by atoms with van der Waals surface area (Å²) in [6.45, 7) is 5.49. The molecule has 2 fully saturated rings. The quantitative estimate of drug-likeness (QED) is 0.699. The summed E-state index contributed by atoms with van der Waals surface area (Å²) in [4.78, 5) is 24.1. The molecule has 5 nitrogen and oxygen atoms in total. The number of hydrogen-bond donors (Lipinski definition) is 0. The molecule has 0 radical (unpaired) electrons. The third kappa shape index (κ3) is 5.14. The van der Waals surface area contributed by atoms with Crippen LogP contribution in [0.1, 0.15) is 18.4 Å². The third-order valence-electron chi connectivity index (χ3n) is 5.78. The fraction of sp³-hybridized carbons (Fsp3) is 0.455. The van der Waals surface area contributed by atoms with E-state index in [1.165, 1.54) is 6.07 Å². The van der Waals surface area contributed by atoms with Gasteiger partial charge in [0.1, 0.15) is 11.6 Å². The number of rotatable bonds is 4. The summed E-state index contributed by atoms with van der Waals surface area (Å²) < 4.78 is 14.4. The van der Waals surface area contributed by atoms with Crippen LogP contribution in [0.15, 0.2) is 47.1 Å². The number of carbonyl (C=O) groups is 1. The number of benzene rings is 1. The molecule has 0 N–H and O–H groups in total. The fourth-order valence-electron chi connectivity index (χ4n) is 4.26. The van der Waals surface area contributed by atoms with Gasteiger partial charge in [-0.15, -0.1) is 0 Å². The SMILES string of the molecule is O=C(C1CCCN(Cc2cccc(F)c2)C1)N1CCN(c2ccc(Br)cn2)CC1. The molecular weight excluding hydrogens is 435 g/mol. The molecule has 2 saturated heterocycles. The van der Waals surface area contributed by atoms with E-state index in [-0.39, 0.29) is 17.6 Å². The minimum absolute atomic E-state index is 0.0367. The van der Waals surface area contributed by atoms with Crippen LogP contribution in [0.2, 0.25) is 0 Å². The Balaban J connectivity index is 1.30. The molecule has 0 spiro atoms. The predicted octanol–water partition coefficient (Wildman–Crippen LogP) is 3.54. The van der Waals surface area contributed by atoms with Crippen molar-refractivity contribution in [2.75, 3.05) is 44.2 Å². The first-order valence-electron chi connectivity index (χ1n) is 10.2. The zero-order chi connectivity index (χ0) is 20.2. The van der Waals surface area contributed by atoms with Gasteiger partial charge in [0.2, 0.25) is 5.91 Å². The molecule has 29 heavy (non-hydrogen) atoms. The highest BCUT2D eigenvalue weighted by Crippen LogP contribution is 2.23. The molecule has 0 bridgehead atoms. The van der Waals surface area contributed by atoms with E-state index in [0.717, 1.165) is 68.0 Å². The van der Waals surface area contributed by atoms with Gasteiger partial charge in [0.15, 0.2) is 0 Å². The van der Waals surface area contributed by atoms with Crippen LogP contribution in [0.25, 0.3) is 0 Å². The summed E-state index contributed by atoms with van der Waals surface area (Å²) in [5.74, 6) is 1.05. The second kappa shape index (κ2) is 9.22. The topological polar surface area (TPSA) is 39.7 Å². The van der Waals surface area contributed by atoms with E-state index < -0.39 is 0 Å². The van der Waals surface area contributed by atoms with Crippen molar-refractivity contribution in [3.63, 3.8) is 0 Å². The van der Waals surface area contributed by atoms with Crippen molar-refractivity contribution >= 4 is 27.7 Å². The van der Waals surface area contributed by atoms with E-state index in [0.29, 0.717) is 6.54 Å². The smallest absolute Gasteiger partial charge is 0.227 e. The van der Waals surface area contributed by atoms with Gasteiger partial charge >= 0.3 is 0 Å². The normalized spacial score (nSPS) is 20.7. The zero-order valence-corrected chi connectivity index (χ0v) is 18.0. The first kappa shape index (κ1) is 20.3. The highest BCUT2D eigenvalue weighted by Gasteiger charge is 2.31. The molecule has 0 aliphatic carbocycles. The second-order valence-corrected chi connectivity index (χ2v) is 8.77. The summed E-state index contributed by atoms with van der Waals surface area (Å²) in [7, 11) is 0. The maximum atomic E-state index is 13.5. The minimum atomic E-state index is -0.203. The number of halogens is 2. The molecule has 2 aliphatic rings. The maximum Gasteiger partial charge on any atom is 0.227 e. The Hall–Kier alpha value is -1.99. The van der Waals surface area contributed by atoms with Gasteiger partial charge in [-0.2, -0.15) is 0 Å². The number of nitrogens with zero attached hydrogens (tertiary/aromatic N) is 4. The van der Waals surface area contributed by atoms with Crippen LogP contribution in [-0.2, 0) is 11.3 Å². The van der Waals surface area contributed by atoms with Crippen LogP contribution < -0.4 is 4.90 Å². The summed E-state index contributed by atoms with van der Waals surface area (Å²) in [5, 5.41) is 0. The lowest BCUT2D eigenvalue weighted by atomic mass is 9.95. The zero-order valence-electron chi connectivity index (χ0n) is 16.4. The molecule has 1 aromatic heterocycles. The molecule has 154 valence electrons. The molecule has 4 rings (SSSR count). The summed E-state index contributed by atoms with van der Waals surface area (Å²) in [6, 6.07) is 10.7. The van der Waals surface area contributed by atoms with Crippen LogP contribution in [0, 0.1) is 11.7 Å². The molecular formula is C22H26BrFN4O. The number of amides is 1. The van der Waals surface area contributed by atoms with Crippen LogP contribution in [0.4, 0.5) is 10.2 Å². The summed E-state index contributed by atoms with van der Waals surface area (Å²) in [5.41, 5.74) is 0.966. The number of carbonyl (C=O) groups excluding carboxylic acids is 1. The van der Waals surface area contributed by atoms with E-state index in [9.17, 15) is 9.18 Å². The Morgan fingerprint density at radius 1 is 1.14 bits per heavy atom. The molecule has 0 saturated carbocycles. The molecule has 3 heterocycles. The Morgan fingerprint density at radius 3 is 2.69 bits per heavy atom. The number of piperidine rings is 1. The van der Waals surface area contributed by atoms with Crippen molar-refractivity contribution in [3.05, 3.63) is 58.4 Å². The number of piperazine rings is 1. The number of pyridine rings is 1. The molecule has 2 aliphatic heterocycles. The number of anilines is 1. The molecule has 1 aromatic carbocycles. The van der Waals surface area contributed by atoms with Gasteiger partial charge in [-0.1, -0.05) is 12.1 Å². The fourth-order valence-corrected chi connectivity index (χ4v) is 4.50. The van der Waals surface area contributed by atoms with E-state index >= 15 is 0 Å². The van der Waals surface area contributed by atoms with Crippen molar-refractivity contribution in [1.82, 2.24) is 14.8 Å². The van der Waals surface area contributed by atoms with Crippen LogP contribution in [0.3, 0.4) is 0 Å². The van der Waals surface area contributed by atoms with Crippen molar-refractivity contribution in [2.45, 2.75) is 19.4 Å². The molecule has 1 amide bonds. The van der Waals surface area contributed by atoms with Gasteiger partial charge in [-0.3, -0.25) is 9.69 Å². The van der Waals surface area contributed by atoms with E-state index in [4.69, 9.17) is 0 Å². The third-order valence-corrected chi connectivity index (χ3v) is 6.25. The number of aromatic nitrogens is 1. The van der Waals surface area contributed by atoms with Crippen LogP contribution in [-0.4, -0.2) is 60.0 Å². The number of hydrogen-bond acceptors (Lipinski definition) is 4. The Morgan fingerprint density at radius 2 is 1.97 bits per heavy atom. The van der Waals surface area contributed by atoms with Crippen molar-refractivity contribution in [2.24, 2.45) is 5.92 Å². The maximum absolute atomic E-state index is 13.5. The monoisotopic (exact) mass is 460 g/mol. The lowest BCUT2D eigenvalue weighted by molar-refractivity contribution is -0.137. The van der Waals surface area contributed by atoms with Gasteiger partial charge in [0.25, 0.3) is 0 Å². The minimum Gasteiger partial charge on any atom is -0.353 e. The average molecular weight is 461 g/mol. The molecule has 7 heteroatoms. The summed E-state index contributed by atoms with van der Waals surface area (Å²) in [6.07, 6.45) is 3.75. The van der Waals surface area contributed by atoms with Gasteiger partial charge < -0.3 is 9.80 Å². The van der Waals surface area contributed by atoms with Gasteiger partial charge in [0, 0.05) is 49.9 Å².